The molecular formula is C12H9N5. The van der Waals surface area contributed by atoms with Crippen LogP contribution in [-0.2, 0) is 0 Å². The van der Waals surface area contributed by atoms with Crippen LogP contribution >= 0.6 is 0 Å². The van der Waals surface area contributed by atoms with Crippen molar-refractivity contribution >= 4 is 16.6 Å². The molecule has 0 atom stereocenters. The highest BCUT2D eigenvalue weighted by atomic mass is 15.0. The molecule has 0 amide bonds. The molecule has 2 N–H and O–H groups in total. The lowest BCUT2D eigenvalue weighted by Gasteiger charge is -1.98. The van der Waals surface area contributed by atoms with Crippen LogP contribution in [0.25, 0.3) is 22.2 Å². The van der Waals surface area contributed by atoms with Gasteiger partial charge in [-0.1, -0.05) is 12.1 Å². The maximum atomic E-state index is 7.12. The zero-order valence-electron chi connectivity index (χ0n) is 8.88. The van der Waals surface area contributed by atoms with Gasteiger partial charge in [-0.2, -0.15) is 5.11 Å². The molecule has 5 nitrogen and oxygen atoms in total. The Balaban J connectivity index is 2.30. The van der Waals surface area contributed by atoms with Crippen LogP contribution in [0.3, 0.4) is 0 Å². The maximum Gasteiger partial charge on any atom is 0.116 e. The van der Waals surface area contributed by atoms with Gasteiger partial charge in [0.15, 0.2) is 0 Å². The number of nitrogens with zero attached hydrogens (tertiary/aromatic N) is 3. The maximum absolute atomic E-state index is 7.12. The third-order valence-corrected chi connectivity index (χ3v) is 2.67. The molecule has 3 aromatic rings. The van der Waals surface area contributed by atoms with Crippen LogP contribution in [0.1, 0.15) is 0 Å². The minimum atomic E-state index is 0.628. The van der Waals surface area contributed by atoms with Gasteiger partial charge in [-0.15, -0.1) is 0 Å². The molecule has 17 heavy (non-hydrogen) atoms. The number of H-pyrrole nitrogens is 1. The van der Waals surface area contributed by atoms with Crippen molar-refractivity contribution in [1.82, 2.24) is 15.0 Å². The third kappa shape index (κ3) is 1.48. The van der Waals surface area contributed by atoms with Crippen molar-refractivity contribution in [1.29, 1.82) is 5.53 Å². The molecule has 82 valence electrons. The van der Waals surface area contributed by atoms with Gasteiger partial charge in [-0.25, -0.2) is 15.5 Å². The lowest BCUT2D eigenvalue weighted by Crippen LogP contribution is -1.81. The summed E-state index contributed by atoms with van der Waals surface area (Å²) < 4.78 is 0. The lowest BCUT2D eigenvalue weighted by molar-refractivity contribution is 1.15. The van der Waals surface area contributed by atoms with Gasteiger partial charge in [0.25, 0.3) is 0 Å². The Morgan fingerprint density at radius 2 is 2.18 bits per heavy atom. The van der Waals surface area contributed by atoms with Gasteiger partial charge in [0.1, 0.15) is 12.0 Å². The second-order valence-electron chi connectivity index (χ2n) is 3.61. The monoisotopic (exact) mass is 223 g/mol. The molecule has 0 unspecified atom stereocenters. The third-order valence-electron chi connectivity index (χ3n) is 2.67. The summed E-state index contributed by atoms with van der Waals surface area (Å²) in [4.78, 5) is 11.2. The summed E-state index contributed by atoms with van der Waals surface area (Å²) in [5.74, 6) is 0. The fourth-order valence-electron chi connectivity index (χ4n) is 1.89. The predicted molar refractivity (Wildman–Crippen MR) is 64.1 cm³/mol. The number of aromatic amines is 1. The molecular weight excluding hydrogens is 214 g/mol. The molecule has 0 aliphatic rings. The summed E-state index contributed by atoms with van der Waals surface area (Å²) in [5.41, 5.74) is 10.5. The highest BCUT2D eigenvalue weighted by molar-refractivity contribution is 5.99. The highest BCUT2D eigenvalue weighted by Crippen LogP contribution is 2.32. The number of fused-ring (bicyclic) bond motifs is 1. The summed E-state index contributed by atoms with van der Waals surface area (Å²) in [6.45, 7) is 0. The number of para-hydroxylation sites is 1. The molecule has 0 saturated heterocycles. The number of rotatable bonds is 2. The zero-order chi connectivity index (χ0) is 11.7. The fraction of sp³-hybridized carbons (Fsp3) is 0. The van der Waals surface area contributed by atoms with Crippen LogP contribution in [0.4, 0.5) is 5.69 Å². The normalized spacial score (nSPS) is 10.6. The molecule has 1 aromatic carbocycles. The Kier molecular flexibility index (Phi) is 2.15. The molecule has 5 heteroatoms. The van der Waals surface area contributed by atoms with Crippen molar-refractivity contribution < 1.29 is 0 Å². The van der Waals surface area contributed by atoms with E-state index in [0.717, 1.165) is 22.2 Å². The molecule has 2 heterocycles. The first-order valence-corrected chi connectivity index (χ1v) is 5.14. The van der Waals surface area contributed by atoms with E-state index in [1.54, 1.807) is 12.3 Å². The van der Waals surface area contributed by atoms with Crippen LogP contribution < -0.4 is 0 Å². The van der Waals surface area contributed by atoms with Crippen molar-refractivity contribution in [3.8, 4) is 11.3 Å². The molecule has 3 rings (SSSR count). The molecule has 0 saturated carbocycles. The van der Waals surface area contributed by atoms with Gasteiger partial charge >= 0.3 is 0 Å². The van der Waals surface area contributed by atoms with Crippen molar-refractivity contribution in [2.45, 2.75) is 0 Å². The largest absolute Gasteiger partial charge is 0.359 e. The molecule has 0 aliphatic heterocycles. The summed E-state index contributed by atoms with van der Waals surface area (Å²) >= 11 is 0. The second-order valence-corrected chi connectivity index (χ2v) is 3.61. The predicted octanol–water partition coefficient (Wildman–Crippen LogP) is 3.29. The van der Waals surface area contributed by atoms with Gasteiger partial charge in [0.2, 0.25) is 0 Å². The Labute approximate surface area is 97.1 Å². The van der Waals surface area contributed by atoms with Crippen LogP contribution in [0.5, 0.6) is 0 Å². The van der Waals surface area contributed by atoms with Crippen molar-refractivity contribution in [3.05, 3.63) is 43.0 Å². The first-order chi connectivity index (χ1) is 8.40. The van der Waals surface area contributed by atoms with Crippen LogP contribution in [-0.4, -0.2) is 15.0 Å². The van der Waals surface area contributed by atoms with Crippen molar-refractivity contribution in [2.75, 3.05) is 0 Å². The van der Waals surface area contributed by atoms with E-state index >= 15 is 0 Å². The number of benzene rings is 1. The second kappa shape index (κ2) is 3.79. The van der Waals surface area contributed by atoms with Crippen LogP contribution in [0.15, 0.2) is 48.1 Å². The average Bonchev–Trinajstić information content (AvgIpc) is 2.83. The Morgan fingerprint density at radius 1 is 1.24 bits per heavy atom. The number of hydrogen-bond donors (Lipinski definition) is 2. The van der Waals surface area contributed by atoms with Crippen LogP contribution in [0.2, 0.25) is 0 Å². The van der Waals surface area contributed by atoms with E-state index in [1.165, 1.54) is 6.33 Å². The summed E-state index contributed by atoms with van der Waals surface area (Å²) in [7, 11) is 0. The molecule has 0 spiro atoms. The zero-order valence-corrected chi connectivity index (χ0v) is 8.88. The van der Waals surface area contributed by atoms with Gasteiger partial charge < -0.3 is 4.98 Å². The highest BCUT2D eigenvalue weighted by Gasteiger charge is 2.09. The minimum absolute atomic E-state index is 0.628. The van der Waals surface area contributed by atoms with Crippen LogP contribution in [0, 0.1) is 5.53 Å². The summed E-state index contributed by atoms with van der Waals surface area (Å²) in [6, 6.07) is 7.52. The van der Waals surface area contributed by atoms with Gasteiger partial charge in [-0.05, 0) is 12.1 Å². The first-order valence-electron chi connectivity index (χ1n) is 5.14. The van der Waals surface area contributed by atoms with E-state index < -0.39 is 0 Å². The Morgan fingerprint density at radius 3 is 2.94 bits per heavy atom. The fourth-order valence-corrected chi connectivity index (χ4v) is 1.89. The first kappa shape index (κ1) is 9.65. The van der Waals surface area contributed by atoms with Crippen molar-refractivity contribution in [3.63, 3.8) is 0 Å². The minimum Gasteiger partial charge on any atom is -0.359 e. The lowest BCUT2D eigenvalue weighted by atomic mass is 10.1. The molecule has 0 radical (unpaired) electrons. The molecule has 0 fully saturated rings. The standard InChI is InChI=1S/C12H9N5/c13-17-11-3-1-2-8-9(6-15-12(8)11)10-4-5-14-7-16-10/h1-7,13,15H. The summed E-state index contributed by atoms with van der Waals surface area (Å²) in [5, 5.41) is 4.50. The van der Waals surface area contributed by atoms with Gasteiger partial charge in [0.05, 0.1) is 11.2 Å². The molecule has 0 bridgehead atoms. The van der Waals surface area contributed by atoms with E-state index in [0.29, 0.717) is 5.69 Å². The summed E-state index contributed by atoms with van der Waals surface area (Å²) in [6.07, 6.45) is 5.11. The smallest absolute Gasteiger partial charge is 0.116 e. The topological polar surface area (TPSA) is 77.8 Å². The SMILES string of the molecule is N=Nc1cccc2c(-c3ccncn3)c[nH]c12. The van der Waals surface area contributed by atoms with Crippen molar-refractivity contribution in [2.24, 2.45) is 5.11 Å². The quantitative estimate of drug-likeness (QED) is 0.654. The number of hydrogen-bond acceptors (Lipinski definition) is 4. The van der Waals surface area contributed by atoms with Gasteiger partial charge in [0, 0.05) is 23.3 Å². The Hall–Kier alpha value is -2.56. The number of nitrogens with one attached hydrogen (secondary N) is 2. The molecule has 2 aromatic heterocycles. The van der Waals surface area contributed by atoms with E-state index in [9.17, 15) is 0 Å². The van der Waals surface area contributed by atoms with E-state index in [1.807, 2.05) is 24.4 Å². The van der Waals surface area contributed by atoms with E-state index in [4.69, 9.17) is 5.53 Å². The molecule has 0 aliphatic carbocycles. The van der Waals surface area contributed by atoms with E-state index in [-0.39, 0.29) is 0 Å². The number of aromatic nitrogens is 3. The average molecular weight is 223 g/mol. The van der Waals surface area contributed by atoms with Gasteiger partial charge in [-0.3, -0.25) is 0 Å². The van der Waals surface area contributed by atoms with E-state index in [2.05, 4.69) is 20.1 Å². The Bertz CT molecular complexity index is 672.